The Kier molecular flexibility index (Phi) is 10.2. The quantitative estimate of drug-likeness (QED) is 0.360. The molecule has 0 fully saturated rings. The lowest BCUT2D eigenvalue weighted by Crippen LogP contribution is -2.14. The van der Waals surface area contributed by atoms with E-state index in [0.29, 0.717) is 5.56 Å². The number of carboxylic acids is 1. The molecule has 8 heteroatoms. The molecule has 0 bridgehead atoms. The van der Waals surface area contributed by atoms with Crippen LogP contribution in [0, 0.1) is 0 Å². The summed E-state index contributed by atoms with van der Waals surface area (Å²) in [7, 11) is 0. The number of thiazole rings is 1. The molecule has 0 aliphatic carbocycles. The highest BCUT2D eigenvalue weighted by Crippen LogP contribution is 2.25. The maximum atomic E-state index is 11.8. The normalized spacial score (nSPS) is 10.1. The van der Waals surface area contributed by atoms with E-state index in [1.807, 2.05) is 0 Å². The van der Waals surface area contributed by atoms with Gasteiger partial charge in [0.25, 0.3) is 5.91 Å². The number of nitrogens with two attached hydrogens (primary N) is 1. The van der Waals surface area contributed by atoms with Gasteiger partial charge in [-0.05, 0) is 30.7 Å². The molecule has 0 aliphatic rings. The smallest absolute Gasteiger partial charge is 0.349 e. The minimum absolute atomic E-state index is 0.0849. The van der Waals surface area contributed by atoms with Crippen molar-refractivity contribution >= 4 is 34.2 Å². The first-order valence-corrected chi connectivity index (χ1v) is 10.9. The highest BCUT2D eigenvalue weighted by atomic mass is 32.1. The van der Waals surface area contributed by atoms with E-state index in [0.717, 1.165) is 24.4 Å². The maximum Gasteiger partial charge on any atom is 0.349 e. The lowest BCUT2D eigenvalue weighted by molar-refractivity contribution is 0.0702. The van der Waals surface area contributed by atoms with Crippen LogP contribution in [-0.4, -0.2) is 28.5 Å². The van der Waals surface area contributed by atoms with Gasteiger partial charge >= 0.3 is 5.97 Å². The standard InChI is InChI=1S/C12H19N.C11H9N3O3S/c1-2-3-7-10-13-11-12-8-5-4-6-9-12;12-8-7(10(16)17)18-11(13-8)14-9(15)6-4-2-1-3-5-6/h4-6,8-9,13H,2-3,7,10-11H2,1H3;1-5H,12H2,(H,16,17)(H,13,14,15). The molecule has 0 aliphatic heterocycles. The lowest BCUT2D eigenvalue weighted by atomic mass is 10.2. The number of amides is 1. The molecule has 0 unspecified atom stereocenters. The molecule has 1 aromatic heterocycles. The monoisotopic (exact) mass is 440 g/mol. The summed E-state index contributed by atoms with van der Waals surface area (Å²) in [5.41, 5.74) is 7.26. The Labute approximate surface area is 186 Å². The van der Waals surface area contributed by atoms with Crippen LogP contribution in [0.4, 0.5) is 10.9 Å². The molecular weight excluding hydrogens is 412 g/mol. The topological polar surface area (TPSA) is 117 Å². The van der Waals surface area contributed by atoms with Gasteiger partial charge < -0.3 is 16.2 Å². The Morgan fingerprint density at radius 3 is 2.26 bits per heavy atom. The Balaban J connectivity index is 0.000000233. The molecule has 3 aromatic rings. The first kappa shape index (κ1) is 24.0. The number of nitrogen functional groups attached to an aromatic ring is 1. The number of unbranched alkanes of at least 4 members (excludes halogenated alkanes) is 2. The van der Waals surface area contributed by atoms with Gasteiger partial charge in [-0.2, -0.15) is 0 Å². The van der Waals surface area contributed by atoms with Crippen LogP contribution in [0.1, 0.15) is 51.8 Å². The Hall–Kier alpha value is -3.23. The fraction of sp³-hybridized carbons (Fsp3) is 0.261. The summed E-state index contributed by atoms with van der Waals surface area (Å²) >= 11 is 0.823. The molecule has 2 aromatic carbocycles. The van der Waals surface area contributed by atoms with E-state index in [-0.39, 0.29) is 21.7 Å². The minimum atomic E-state index is -1.16. The van der Waals surface area contributed by atoms with Crippen LogP contribution in [0.25, 0.3) is 0 Å². The number of carboxylic acid groups (broad SMARTS) is 1. The summed E-state index contributed by atoms with van der Waals surface area (Å²) in [5, 5.41) is 14.9. The Bertz CT molecular complexity index is 946. The summed E-state index contributed by atoms with van der Waals surface area (Å²) in [6.45, 7) is 4.38. The van der Waals surface area contributed by atoms with Crippen molar-refractivity contribution in [3.05, 3.63) is 76.7 Å². The van der Waals surface area contributed by atoms with Crippen LogP contribution in [-0.2, 0) is 6.54 Å². The fourth-order valence-electron chi connectivity index (χ4n) is 2.63. The first-order valence-electron chi connectivity index (χ1n) is 10.1. The predicted octanol–water partition coefficient (Wildman–Crippen LogP) is 4.64. The van der Waals surface area contributed by atoms with E-state index in [9.17, 15) is 9.59 Å². The molecule has 0 radical (unpaired) electrons. The second-order valence-corrected chi connectivity index (χ2v) is 7.73. The largest absolute Gasteiger partial charge is 0.477 e. The molecule has 0 spiro atoms. The number of hydrogen-bond donors (Lipinski definition) is 4. The number of hydrogen-bond acceptors (Lipinski definition) is 6. The molecule has 1 heterocycles. The first-order chi connectivity index (χ1) is 15.0. The zero-order chi connectivity index (χ0) is 22.5. The maximum absolute atomic E-state index is 11.8. The van der Waals surface area contributed by atoms with E-state index in [4.69, 9.17) is 10.8 Å². The molecule has 0 saturated heterocycles. The number of nitrogens with zero attached hydrogens (tertiary/aromatic N) is 1. The minimum Gasteiger partial charge on any atom is -0.477 e. The SMILES string of the molecule is CCCCCNCc1ccccc1.Nc1nc(NC(=O)c2ccccc2)sc1C(=O)O. The average Bonchev–Trinajstić information content (AvgIpc) is 3.15. The summed E-state index contributed by atoms with van der Waals surface area (Å²) in [6.07, 6.45) is 3.93. The van der Waals surface area contributed by atoms with Crippen molar-refractivity contribution in [3.63, 3.8) is 0 Å². The number of aromatic nitrogens is 1. The van der Waals surface area contributed by atoms with Gasteiger partial charge in [-0.15, -0.1) is 0 Å². The summed E-state index contributed by atoms with van der Waals surface area (Å²) in [6, 6.07) is 19.1. The molecule has 5 N–H and O–H groups in total. The third kappa shape index (κ3) is 8.57. The molecular formula is C23H28N4O3S. The van der Waals surface area contributed by atoms with Crippen molar-refractivity contribution in [2.45, 2.75) is 32.7 Å². The number of anilines is 2. The van der Waals surface area contributed by atoms with Crippen molar-refractivity contribution in [1.29, 1.82) is 0 Å². The van der Waals surface area contributed by atoms with Crippen LogP contribution < -0.4 is 16.4 Å². The van der Waals surface area contributed by atoms with Crippen LogP contribution in [0.15, 0.2) is 60.7 Å². The van der Waals surface area contributed by atoms with Gasteiger partial charge in [0.1, 0.15) is 0 Å². The van der Waals surface area contributed by atoms with Crippen LogP contribution >= 0.6 is 11.3 Å². The summed E-state index contributed by atoms with van der Waals surface area (Å²) < 4.78 is 0. The van der Waals surface area contributed by atoms with Crippen LogP contribution in [0.5, 0.6) is 0 Å². The zero-order valence-electron chi connectivity index (χ0n) is 17.5. The molecule has 31 heavy (non-hydrogen) atoms. The summed E-state index contributed by atoms with van der Waals surface area (Å²) in [5.74, 6) is -1.62. The highest BCUT2D eigenvalue weighted by Gasteiger charge is 2.16. The van der Waals surface area contributed by atoms with Crippen molar-refractivity contribution < 1.29 is 14.7 Å². The van der Waals surface area contributed by atoms with Crippen molar-refractivity contribution in [2.24, 2.45) is 0 Å². The third-order valence-corrected chi connectivity index (χ3v) is 5.21. The van der Waals surface area contributed by atoms with Crippen LogP contribution in [0.3, 0.4) is 0 Å². The number of aromatic carboxylic acids is 1. The van der Waals surface area contributed by atoms with Gasteiger partial charge in [0, 0.05) is 12.1 Å². The van der Waals surface area contributed by atoms with Gasteiger partial charge in [-0.3, -0.25) is 10.1 Å². The van der Waals surface area contributed by atoms with Crippen molar-refractivity contribution in [2.75, 3.05) is 17.6 Å². The Morgan fingerprint density at radius 2 is 1.68 bits per heavy atom. The second-order valence-electron chi connectivity index (χ2n) is 6.73. The second kappa shape index (κ2) is 13.1. The lowest BCUT2D eigenvalue weighted by Gasteiger charge is -2.03. The zero-order valence-corrected chi connectivity index (χ0v) is 18.3. The van der Waals surface area contributed by atoms with E-state index in [2.05, 4.69) is 52.9 Å². The number of rotatable bonds is 9. The predicted molar refractivity (Wildman–Crippen MR) is 126 cm³/mol. The Morgan fingerprint density at radius 1 is 1.03 bits per heavy atom. The van der Waals surface area contributed by atoms with E-state index >= 15 is 0 Å². The fourth-order valence-corrected chi connectivity index (χ4v) is 3.34. The number of benzene rings is 2. The molecule has 0 saturated carbocycles. The molecule has 164 valence electrons. The van der Waals surface area contributed by atoms with Gasteiger partial charge in [-0.25, -0.2) is 9.78 Å². The van der Waals surface area contributed by atoms with E-state index in [1.165, 1.54) is 24.8 Å². The molecule has 1 amide bonds. The van der Waals surface area contributed by atoms with E-state index < -0.39 is 5.97 Å². The molecule has 0 atom stereocenters. The van der Waals surface area contributed by atoms with E-state index in [1.54, 1.807) is 30.3 Å². The van der Waals surface area contributed by atoms with Crippen molar-refractivity contribution in [3.8, 4) is 0 Å². The van der Waals surface area contributed by atoms with Gasteiger partial charge in [0.05, 0.1) is 0 Å². The third-order valence-electron chi connectivity index (χ3n) is 4.23. The average molecular weight is 441 g/mol. The van der Waals surface area contributed by atoms with Gasteiger partial charge in [0.2, 0.25) is 0 Å². The summed E-state index contributed by atoms with van der Waals surface area (Å²) in [4.78, 5) is 26.2. The van der Waals surface area contributed by atoms with Gasteiger partial charge in [-0.1, -0.05) is 79.6 Å². The van der Waals surface area contributed by atoms with Crippen LogP contribution in [0.2, 0.25) is 0 Å². The highest BCUT2D eigenvalue weighted by molar-refractivity contribution is 7.18. The molecule has 7 nitrogen and oxygen atoms in total. The molecule has 3 rings (SSSR count). The van der Waals surface area contributed by atoms with Crippen molar-refractivity contribution in [1.82, 2.24) is 10.3 Å². The number of carbonyl (C=O) groups excluding carboxylic acids is 1. The number of nitrogens with one attached hydrogen (secondary N) is 2. The van der Waals surface area contributed by atoms with Gasteiger partial charge in [0.15, 0.2) is 15.8 Å². The number of carbonyl (C=O) groups is 2.